The molecule has 2 amide bonds. The van der Waals surface area contributed by atoms with Crippen LogP contribution in [0.1, 0.15) is 57.4 Å². The van der Waals surface area contributed by atoms with E-state index in [2.05, 4.69) is 25.2 Å². The molecule has 6 nitrogen and oxygen atoms in total. The van der Waals surface area contributed by atoms with Crippen LogP contribution in [0.25, 0.3) is 0 Å². The molecule has 1 aromatic rings. The third kappa shape index (κ3) is 4.15. The molecule has 1 aromatic carbocycles. The van der Waals surface area contributed by atoms with Crippen molar-refractivity contribution in [2.45, 2.75) is 57.9 Å². The number of carboxylic acid groups (broad SMARTS) is 1. The Hall–Kier alpha value is -2.37. The molecule has 6 heteroatoms. The molecule has 0 spiro atoms. The van der Waals surface area contributed by atoms with Gasteiger partial charge in [0, 0.05) is 24.7 Å². The zero-order valence-corrected chi connectivity index (χ0v) is 16.0. The van der Waals surface area contributed by atoms with Crippen LogP contribution in [-0.4, -0.2) is 35.5 Å². The molecule has 2 fully saturated rings. The van der Waals surface area contributed by atoms with Gasteiger partial charge in [0.25, 0.3) is 0 Å². The maximum absolute atomic E-state index is 12.6. The van der Waals surface area contributed by atoms with Crippen LogP contribution in [0.3, 0.4) is 0 Å². The molecule has 1 saturated carbocycles. The average Bonchev–Trinajstić information content (AvgIpc) is 3.28. The third-order valence-electron chi connectivity index (χ3n) is 5.99. The molecule has 3 rings (SSSR count). The van der Waals surface area contributed by atoms with Crippen LogP contribution in [0.4, 0.5) is 5.69 Å². The summed E-state index contributed by atoms with van der Waals surface area (Å²) in [4.78, 5) is 38.1. The van der Waals surface area contributed by atoms with Crippen molar-refractivity contribution in [1.82, 2.24) is 5.32 Å². The monoisotopic (exact) mass is 372 g/mol. The summed E-state index contributed by atoms with van der Waals surface area (Å²) in [7, 11) is 0. The van der Waals surface area contributed by atoms with Crippen molar-refractivity contribution in [3.63, 3.8) is 0 Å². The number of nitrogens with zero attached hydrogens (tertiary/aromatic N) is 1. The van der Waals surface area contributed by atoms with Gasteiger partial charge in [0.15, 0.2) is 0 Å². The first-order valence-corrected chi connectivity index (χ1v) is 9.83. The van der Waals surface area contributed by atoms with Gasteiger partial charge >= 0.3 is 5.97 Å². The molecule has 0 radical (unpaired) electrons. The molecular formula is C21H28N2O4. The molecule has 2 unspecified atom stereocenters. The standard InChI is InChI=1S/C21H28N2O4/c1-3-13(2)17-6-4-5-7-18(17)23-12-15(11-19(23)24)20(25)22-16-9-8-14(10-16)21(26)27/h4-7,13-16H,3,8-12H2,1-2H3,(H,22,25)(H,26,27)/t13?,14-,15?,16+/m1/s1. The van der Waals surface area contributed by atoms with Gasteiger partial charge in [0.05, 0.1) is 11.8 Å². The molecule has 1 aliphatic carbocycles. The Morgan fingerprint density at radius 3 is 2.67 bits per heavy atom. The molecule has 27 heavy (non-hydrogen) atoms. The third-order valence-corrected chi connectivity index (χ3v) is 5.99. The number of rotatable bonds is 6. The normalized spacial score (nSPS) is 26.2. The minimum atomic E-state index is -0.796. The highest BCUT2D eigenvalue weighted by molar-refractivity contribution is 6.01. The minimum Gasteiger partial charge on any atom is -0.481 e. The Morgan fingerprint density at radius 1 is 1.26 bits per heavy atom. The van der Waals surface area contributed by atoms with Crippen molar-refractivity contribution >= 4 is 23.5 Å². The maximum atomic E-state index is 12.6. The summed E-state index contributed by atoms with van der Waals surface area (Å²) in [5.74, 6) is -1.38. The summed E-state index contributed by atoms with van der Waals surface area (Å²) < 4.78 is 0. The van der Waals surface area contributed by atoms with E-state index in [-0.39, 0.29) is 36.1 Å². The molecule has 1 saturated heterocycles. The van der Waals surface area contributed by atoms with Gasteiger partial charge < -0.3 is 15.3 Å². The number of carbonyl (C=O) groups excluding carboxylic acids is 2. The summed E-state index contributed by atoms with van der Waals surface area (Å²) in [6.07, 6.45) is 2.94. The van der Waals surface area contributed by atoms with Crippen LogP contribution < -0.4 is 10.2 Å². The van der Waals surface area contributed by atoms with Gasteiger partial charge in [-0.2, -0.15) is 0 Å². The number of amides is 2. The van der Waals surface area contributed by atoms with Crippen LogP contribution in [0.2, 0.25) is 0 Å². The summed E-state index contributed by atoms with van der Waals surface area (Å²) in [5, 5.41) is 12.1. The average molecular weight is 372 g/mol. The largest absolute Gasteiger partial charge is 0.481 e. The number of anilines is 1. The predicted octanol–water partition coefficient (Wildman–Crippen LogP) is 2.92. The fraction of sp³-hybridized carbons (Fsp3) is 0.571. The zero-order valence-electron chi connectivity index (χ0n) is 16.0. The smallest absolute Gasteiger partial charge is 0.306 e. The molecule has 0 bridgehead atoms. The highest BCUT2D eigenvalue weighted by Crippen LogP contribution is 2.34. The Kier molecular flexibility index (Phi) is 5.82. The molecule has 4 atom stereocenters. The highest BCUT2D eigenvalue weighted by atomic mass is 16.4. The number of aliphatic carboxylic acids is 1. The molecule has 1 aliphatic heterocycles. The molecule has 1 heterocycles. The van der Waals surface area contributed by atoms with Crippen molar-refractivity contribution < 1.29 is 19.5 Å². The quantitative estimate of drug-likeness (QED) is 0.804. The van der Waals surface area contributed by atoms with Gasteiger partial charge in [-0.3, -0.25) is 14.4 Å². The van der Waals surface area contributed by atoms with E-state index in [0.717, 1.165) is 17.7 Å². The van der Waals surface area contributed by atoms with Crippen molar-refractivity contribution in [2.75, 3.05) is 11.4 Å². The second-order valence-corrected chi connectivity index (χ2v) is 7.83. The van der Waals surface area contributed by atoms with E-state index < -0.39 is 5.97 Å². The molecule has 2 N–H and O–H groups in total. The van der Waals surface area contributed by atoms with Crippen LogP contribution in [0, 0.1) is 11.8 Å². The number of hydrogen-bond donors (Lipinski definition) is 2. The van der Waals surface area contributed by atoms with E-state index in [1.165, 1.54) is 0 Å². The minimum absolute atomic E-state index is 0.0271. The molecular weight excluding hydrogens is 344 g/mol. The van der Waals surface area contributed by atoms with Crippen molar-refractivity contribution in [3.05, 3.63) is 29.8 Å². The van der Waals surface area contributed by atoms with Gasteiger partial charge in [-0.15, -0.1) is 0 Å². The number of nitrogens with one attached hydrogen (secondary N) is 1. The first-order valence-electron chi connectivity index (χ1n) is 9.83. The van der Waals surface area contributed by atoms with Crippen LogP contribution in [-0.2, 0) is 14.4 Å². The van der Waals surface area contributed by atoms with Crippen molar-refractivity contribution in [1.29, 1.82) is 0 Å². The van der Waals surface area contributed by atoms with Gasteiger partial charge in [0.1, 0.15) is 0 Å². The topological polar surface area (TPSA) is 86.7 Å². The Bertz CT molecular complexity index is 733. The van der Waals surface area contributed by atoms with Gasteiger partial charge in [0.2, 0.25) is 11.8 Å². The number of carbonyl (C=O) groups is 3. The van der Waals surface area contributed by atoms with E-state index in [1.54, 1.807) is 4.90 Å². The lowest BCUT2D eigenvalue weighted by atomic mass is 9.96. The Labute approximate surface area is 159 Å². The lowest BCUT2D eigenvalue weighted by Gasteiger charge is -2.23. The van der Waals surface area contributed by atoms with E-state index in [1.807, 2.05) is 18.2 Å². The number of carboxylic acids is 1. The molecule has 0 aromatic heterocycles. The maximum Gasteiger partial charge on any atom is 0.306 e. The van der Waals surface area contributed by atoms with Gasteiger partial charge in [-0.1, -0.05) is 32.0 Å². The SMILES string of the molecule is CCC(C)c1ccccc1N1CC(C(=O)N[C@H]2CC[C@@H](C(=O)O)C2)CC1=O. The van der Waals surface area contributed by atoms with Crippen LogP contribution in [0.15, 0.2) is 24.3 Å². The lowest BCUT2D eigenvalue weighted by molar-refractivity contribution is -0.141. The first kappa shape index (κ1) is 19.4. The Morgan fingerprint density at radius 2 is 2.00 bits per heavy atom. The summed E-state index contributed by atoms with van der Waals surface area (Å²) >= 11 is 0. The van der Waals surface area contributed by atoms with Crippen molar-refractivity contribution in [2.24, 2.45) is 11.8 Å². The van der Waals surface area contributed by atoms with E-state index in [9.17, 15) is 14.4 Å². The molecule has 2 aliphatic rings. The lowest BCUT2D eigenvalue weighted by Crippen LogP contribution is -2.39. The fourth-order valence-electron chi connectivity index (χ4n) is 4.14. The van der Waals surface area contributed by atoms with Crippen molar-refractivity contribution in [3.8, 4) is 0 Å². The van der Waals surface area contributed by atoms with Crippen LogP contribution >= 0.6 is 0 Å². The second-order valence-electron chi connectivity index (χ2n) is 7.83. The Balaban J connectivity index is 1.66. The van der Waals surface area contributed by atoms with E-state index in [0.29, 0.717) is 31.7 Å². The zero-order chi connectivity index (χ0) is 19.6. The first-order chi connectivity index (χ1) is 12.9. The number of benzene rings is 1. The molecule has 146 valence electrons. The summed E-state index contributed by atoms with van der Waals surface area (Å²) in [6.45, 7) is 4.64. The van der Waals surface area contributed by atoms with E-state index in [4.69, 9.17) is 5.11 Å². The highest BCUT2D eigenvalue weighted by Gasteiger charge is 2.38. The summed E-state index contributed by atoms with van der Waals surface area (Å²) in [6, 6.07) is 7.81. The van der Waals surface area contributed by atoms with Gasteiger partial charge in [-0.05, 0) is 43.2 Å². The van der Waals surface area contributed by atoms with Crippen LogP contribution in [0.5, 0.6) is 0 Å². The second kappa shape index (κ2) is 8.11. The number of hydrogen-bond acceptors (Lipinski definition) is 3. The van der Waals surface area contributed by atoms with Gasteiger partial charge in [-0.25, -0.2) is 0 Å². The predicted molar refractivity (Wildman–Crippen MR) is 103 cm³/mol. The fourth-order valence-corrected chi connectivity index (χ4v) is 4.14. The summed E-state index contributed by atoms with van der Waals surface area (Å²) in [5.41, 5.74) is 2.04. The number of para-hydroxylation sites is 1. The van der Waals surface area contributed by atoms with E-state index >= 15 is 0 Å².